The molecule has 42 heavy (non-hydrogen) atoms. The van der Waals surface area contributed by atoms with E-state index >= 15 is 0 Å². The van der Waals surface area contributed by atoms with Gasteiger partial charge >= 0.3 is 11.9 Å². The van der Waals surface area contributed by atoms with Crippen LogP contribution in [0.2, 0.25) is 0 Å². The smallest absolute Gasteiger partial charge is 0.328 e. The number of aliphatic hydroxyl groups is 1. The Bertz CT molecular complexity index is 1120. The summed E-state index contributed by atoms with van der Waals surface area (Å²) in [5.41, 5.74) is 2.16. The molecule has 0 aromatic heterocycles. The number of allylic oxidation sites excluding steroid dienone is 12. The molecule has 2 rings (SSSR count). The quantitative estimate of drug-likeness (QED) is 0.139. The minimum atomic E-state index is -0.966. The molecule has 2 atom stereocenters. The van der Waals surface area contributed by atoms with Crippen LogP contribution in [0.15, 0.2) is 108 Å². The topological polar surface area (TPSA) is 94.8 Å². The van der Waals surface area contributed by atoms with E-state index in [1.807, 2.05) is 67.7 Å². The zero-order chi connectivity index (χ0) is 31.0. The Morgan fingerprint density at radius 3 is 2.19 bits per heavy atom. The number of aliphatic hydroxyl groups excluding tert-OH is 1. The highest BCUT2D eigenvalue weighted by Crippen LogP contribution is 2.23. The molecular formula is C36H47ClO5. The molecule has 0 spiro atoms. The monoisotopic (exact) mass is 594 g/mol. The number of hydrogen-bond donors (Lipinski definition) is 3. The van der Waals surface area contributed by atoms with Crippen LogP contribution in [0.4, 0.5) is 0 Å². The summed E-state index contributed by atoms with van der Waals surface area (Å²) in [5, 5.41) is 28.1. The number of halogens is 1. The third kappa shape index (κ3) is 19.6. The zero-order valence-corrected chi connectivity index (χ0v) is 25.7. The molecule has 6 heteroatoms. The Hall–Kier alpha value is -3.41. The predicted octanol–water partition coefficient (Wildman–Crippen LogP) is 9.29. The summed E-state index contributed by atoms with van der Waals surface area (Å²) in [6, 6.07) is 10.2. The average Bonchev–Trinajstić information content (AvgIpc) is 2.99. The molecule has 3 N–H and O–H groups in total. The normalized spacial score (nSPS) is 16.9. The molecule has 1 fully saturated rings. The maximum Gasteiger partial charge on any atom is 0.328 e. The van der Waals surface area contributed by atoms with E-state index in [1.165, 1.54) is 18.1 Å². The van der Waals surface area contributed by atoms with Gasteiger partial charge in [-0.1, -0.05) is 134 Å². The fourth-order valence-electron chi connectivity index (χ4n) is 4.19. The number of rotatable bonds is 15. The van der Waals surface area contributed by atoms with Gasteiger partial charge < -0.3 is 15.3 Å². The summed E-state index contributed by atoms with van der Waals surface area (Å²) < 4.78 is 0. The van der Waals surface area contributed by atoms with E-state index < -0.39 is 11.9 Å². The van der Waals surface area contributed by atoms with Gasteiger partial charge in [0.25, 0.3) is 0 Å². The van der Waals surface area contributed by atoms with E-state index in [9.17, 15) is 14.7 Å². The summed E-state index contributed by atoms with van der Waals surface area (Å²) in [5.74, 6) is -1.42. The molecule has 0 amide bonds. The Morgan fingerprint density at radius 2 is 1.55 bits per heavy atom. The van der Waals surface area contributed by atoms with Crippen LogP contribution in [0, 0.1) is 11.8 Å². The van der Waals surface area contributed by atoms with Gasteiger partial charge in [-0.3, -0.25) is 4.79 Å². The van der Waals surface area contributed by atoms with Crippen LogP contribution in [0.1, 0.15) is 77.2 Å². The maximum absolute atomic E-state index is 10.4. The summed E-state index contributed by atoms with van der Waals surface area (Å²) in [7, 11) is 0. The van der Waals surface area contributed by atoms with Crippen LogP contribution in [-0.2, 0) is 9.59 Å². The highest BCUT2D eigenvalue weighted by atomic mass is 35.5. The Kier molecular flexibility index (Phi) is 20.2. The second kappa shape index (κ2) is 23.2. The van der Waals surface area contributed by atoms with Gasteiger partial charge in [0.15, 0.2) is 0 Å². The molecule has 1 aromatic carbocycles. The summed E-state index contributed by atoms with van der Waals surface area (Å²) in [6.07, 6.45) is 29.9. The number of carboxylic acid groups (broad SMARTS) is 2. The summed E-state index contributed by atoms with van der Waals surface area (Å²) in [6.45, 7) is 3.99. The molecule has 0 bridgehead atoms. The fraction of sp³-hybridized carbons (Fsp3) is 0.389. The first-order valence-electron chi connectivity index (χ1n) is 14.8. The average molecular weight is 595 g/mol. The third-order valence-corrected chi connectivity index (χ3v) is 7.29. The molecule has 5 nitrogen and oxygen atoms in total. The first-order valence-corrected chi connectivity index (χ1v) is 15.1. The van der Waals surface area contributed by atoms with Gasteiger partial charge in [-0.15, -0.1) is 0 Å². The van der Waals surface area contributed by atoms with Crippen LogP contribution in [0.3, 0.4) is 0 Å². The van der Waals surface area contributed by atoms with Crippen molar-refractivity contribution in [2.75, 3.05) is 0 Å². The molecule has 0 saturated heterocycles. The fourth-order valence-corrected chi connectivity index (χ4v) is 4.37. The maximum atomic E-state index is 10.4. The van der Waals surface area contributed by atoms with Gasteiger partial charge in [-0.25, -0.2) is 4.79 Å². The highest BCUT2D eigenvalue weighted by Gasteiger charge is 2.19. The van der Waals surface area contributed by atoms with E-state index in [2.05, 4.69) is 31.2 Å². The molecule has 228 valence electrons. The lowest BCUT2D eigenvalue weighted by molar-refractivity contribution is -0.142. The molecule has 1 aliphatic rings. The van der Waals surface area contributed by atoms with Crippen molar-refractivity contribution in [1.82, 2.24) is 0 Å². The summed E-state index contributed by atoms with van der Waals surface area (Å²) >= 11 is 6.38. The highest BCUT2D eigenvalue weighted by molar-refractivity contribution is 6.29. The number of aliphatic carboxylic acids is 2. The molecule has 1 saturated carbocycles. The van der Waals surface area contributed by atoms with Gasteiger partial charge in [-0.05, 0) is 63.0 Å². The molecule has 0 radical (unpaired) electrons. The lowest BCUT2D eigenvalue weighted by Gasteiger charge is -2.16. The lowest BCUT2D eigenvalue weighted by atomic mass is 9.90. The number of hydrogen-bond acceptors (Lipinski definition) is 3. The van der Waals surface area contributed by atoms with Crippen molar-refractivity contribution in [3.05, 3.63) is 113 Å². The third-order valence-electron chi connectivity index (χ3n) is 6.79. The predicted molar refractivity (Wildman–Crippen MR) is 175 cm³/mol. The van der Waals surface area contributed by atoms with Crippen molar-refractivity contribution < 1.29 is 24.9 Å². The van der Waals surface area contributed by atoms with Crippen LogP contribution in [0.5, 0.6) is 0 Å². The number of benzene rings is 1. The first kappa shape index (κ1) is 36.6. The lowest BCUT2D eigenvalue weighted by Crippen LogP contribution is -2.16. The molecule has 1 aliphatic carbocycles. The molecule has 0 heterocycles. The van der Waals surface area contributed by atoms with Gasteiger partial charge in [-0.2, -0.15) is 0 Å². The SMILES string of the molecule is CC(/C=C/C=C/C(=O)O)=C\C=C\C=C(/Cl)[C@@H](C)CC[C@H](O)CC/C=C/C=C/c1ccccc1.O=C(O)C1CCCCC1. The van der Waals surface area contributed by atoms with Crippen LogP contribution >= 0.6 is 11.6 Å². The Labute approximate surface area is 257 Å². The van der Waals surface area contributed by atoms with E-state index in [-0.39, 0.29) is 17.9 Å². The van der Waals surface area contributed by atoms with Crippen molar-refractivity contribution in [3.8, 4) is 0 Å². The molecule has 0 aliphatic heterocycles. The molecule has 1 aromatic rings. The minimum absolute atomic E-state index is 0.0289. The van der Waals surface area contributed by atoms with E-state index in [0.717, 1.165) is 68.0 Å². The second-order valence-electron chi connectivity index (χ2n) is 10.5. The van der Waals surface area contributed by atoms with Crippen molar-refractivity contribution in [2.45, 2.75) is 77.7 Å². The van der Waals surface area contributed by atoms with Crippen LogP contribution in [0.25, 0.3) is 6.08 Å². The van der Waals surface area contributed by atoms with E-state index in [4.69, 9.17) is 21.8 Å². The Morgan fingerprint density at radius 1 is 0.881 bits per heavy atom. The number of carboxylic acids is 2. The molecule has 0 unspecified atom stereocenters. The molecular weight excluding hydrogens is 548 g/mol. The van der Waals surface area contributed by atoms with Crippen LogP contribution < -0.4 is 0 Å². The standard InChI is InChI=1S/C29H35ClO3.C7H12O2/c1-24(15-11-13-21-29(32)33)14-10-12-20-28(30)25(2)22-23-27(31)19-9-4-3-6-16-26-17-7-5-8-18-26;8-7(9)6-4-2-1-3-5-6/h3-8,10-18,20-21,25,27,31H,9,19,22-23H2,1-2H3,(H,32,33);6H,1-5H2,(H,8,9)/b4-3+,12-10+,15-11+,16-6+,21-13+,24-14+,28-20-;/t25-,27+;/m0./s1. The first-order chi connectivity index (χ1) is 20.2. The van der Waals surface area contributed by atoms with Gasteiger partial charge in [0, 0.05) is 11.1 Å². The van der Waals surface area contributed by atoms with Gasteiger partial charge in [0.1, 0.15) is 0 Å². The van der Waals surface area contributed by atoms with E-state index in [1.54, 1.807) is 6.08 Å². The van der Waals surface area contributed by atoms with Crippen LogP contribution in [-0.4, -0.2) is 33.4 Å². The number of carbonyl (C=O) groups is 2. The van der Waals surface area contributed by atoms with Gasteiger partial charge in [0.2, 0.25) is 0 Å². The minimum Gasteiger partial charge on any atom is -0.481 e. The van der Waals surface area contributed by atoms with Crippen molar-refractivity contribution in [1.29, 1.82) is 0 Å². The van der Waals surface area contributed by atoms with Crippen molar-refractivity contribution in [2.24, 2.45) is 11.8 Å². The van der Waals surface area contributed by atoms with Crippen molar-refractivity contribution in [3.63, 3.8) is 0 Å². The van der Waals surface area contributed by atoms with Crippen molar-refractivity contribution >= 4 is 29.6 Å². The van der Waals surface area contributed by atoms with E-state index in [0.29, 0.717) is 0 Å². The second-order valence-corrected chi connectivity index (χ2v) is 10.9. The largest absolute Gasteiger partial charge is 0.481 e. The summed E-state index contributed by atoms with van der Waals surface area (Å²) in [4.78, 5) is 20.8. The van der Waals surface area contributed by atoms with Gasteiger partial charge in [0.05, 0.1) is 12.0 Å². The Balaban J connectivity index is 0.000000827. The zero-order valence-electron chi connectivity index (χ0n) is 24.9.